The Morgan fingerprint density at radius 1 is 1.00 bits per heavy atom. The molecule has 0 radical (unpaired) electrons. The summed E-state index contributed by atoms with van der Waals surface area (Å²) in [6, 6.07) is 13.3. The number of anilines is 2. The molecule has 2 aromatic carbocycles. The Morgan fingerprint density at radius 2 is 1.79 bits per heavy atom. The zero-order chi connectivity index (χ0) is 22.8. The third-order valence-electron chi connectivity index (χ3n) is 6.03. The van der Waals surface area contributed by atoms with Gasteiger partial charge in [-0.25, -0.2) is 23.7 Å². The molecule has 2 N–H and O–H groups in total. The van der Waals surface area contributed by atoms with Crippen molar-refractivity contribution in [1.82, 2.24) is 24.8 Å². The van der Waals surface area contributed by atoms with Crippen LogP contribution in [0.4, 0.5) is 20.4 Å². The van der Waals surface area contributed by atoms with Crippen LogP contribution in [0.5, 0.6) is 0 Å². The molecule has 1 aliphatic heterocycles. The second-order valence-corrected chi connectivity index (χ2v) is 8.14. The van der Waals surface area contributed by atoms with Crippen molar-refractivity contribution in [2.45, 2.75) is 25.8 Å². The van der Waals surface area contributed by atoms with Gasteiger partial charge in [0.15, 0.2) is 0 Å². The first-order chi connectivity index (χ1) is 16.1. The van der Waals surface area contributed by atoms with Gasteiger partial charge in [0, 0.05) is 29.1 Å². The van der Waals surface area contributed by atoms with E-state index >= 15 is 0 Å². The maximum absolute atomic E-state index is 14.0. The molecule has 2 aromatic heterocycles. The van der Waals surface area contributed by atoms with Gasteiger partial charge in [0.05, 0.1) is 23.4 Å². The standard InChI is InChI=1S/C25H24F2N6/c1-16-20(27)3-2-4-21(16)31-25-29-14-11-22(32-25)24-23(17-5-7-18(26)8-6-17)30-15-33(24)19-9-12-28-13-10-19/h2-8,11,14-15,19,28H,9-10,12-13H2,1H3,(H,29,31,32). The molecule has 0 spiro atoms. The lowest BCUT2D eigenvalue weighted by Crippen LogP contribution is -2.29. The Balaban J connectivity index is 1.58. The van der Waals surface area contributed by atoms with E-state index in [0.717, 1.165) is 42.9 Å². The second-order valence-electron chi connectivity index (χ2n) is 8.14. The number of nitrogens with zero attached hydrogens (tertiary/aromatic N) is 4. The fraction of sp³-hybridized carbons (Fsp3) is 0.240. The van der Waals surface area contributed by atoms with Crippen LogP contribution in [0.3, 0.4) is 0 Å². The van der Waals surface area contributed by atoms with Crippen molar-refractivity contribution in [3.63, 3.8) is 0 Å². The van der Waals surface area contributed by atoms with Gasteiger partial charge in [-0.15, -0.1) is 0 Å². The van der Waals surface area contributed by atoms with Crippen molar-refractivity contribution in [3.05, 3.63) is 78.3 Å². The van der Waals surface area contributed by atoms with Crippen LogP contribution in [0.25, 0.3) is 22.6 Å². The molecule has 5 rings (SSSR count). The Hall–Kier alpha value is -3.65. The molecule has 1 fully saturated rings. The van der Waals surface area contributed by atoms with E-state index in [1.165, 1.54) is 18.2 Å². The lowest BCUT2D eigenvalue weighted by molar-refractivity contribution is 0.370. The molecule has 0 unspecified atom stereocenters. The normalized spacial score (nSPS) is 14.4. The van der Waals surface area contributed by atoms with E-state index in [1.807, 2.05) is 12.4 Å². The summed E-state index contributed by atoms with van der Waals surface area (Å²) < 4.78 is 29.7. The van der Waals surface area contributed by atoms with Gasteiger partial charge in [-0.05, 0) is 75.3 Å². The van der Waals surface area contributed by atoms with Crippen molar-refractivity contribution < 1.29 is 8.78 Å². The molecule has 0 saturated carbocycles. The number of aromatic nitrogens is 4. The topological polar surface area (TPSA) is 67.7 Å². The largest absolute Gasteiger partial charge is 0.326 e. The average Bonchev–Trinajstić information content (AvgIpc) is 3.28. The number of piperidine rings is 1. The van der Waals surface area contributed by atoms with Crippen molar-refractivity contribution in [3.8, 4) is 22.6 Å². The van der Waals surface area contributed by atoms with E-state index in [0.29, 0.717) is 22.9 Å². The van der Waals surface area contributed by atoms with Crippen LogP contribution in [0.15, 0.2) is 61.1 Å². The lowest BCUT2D eigenvalue weighted by atomic mass is 10.0. The Labute approximate surface area is 190 Å². The highest BCUT2D eigenvalue weighted by Gasteiger charge is 2.23. The fourth-order valence-electron chi connectivity index (χ4n) is 4.21. The van der Waals surface area contributed by atoms with Gasteiger partial charge in [-0.1, -0.05) is 6.07 Å². The van der Waals surface area contributed by atoms with Gasteiger partial charge < -0.3 is 15.2 Å². The summed E-state index contributed by atoms with van der Waals surface area (Å²) in [5, 5.41) is 6.52. The third kappa shape index (κ3) is 4.34. The van der Waals surface area contributed by atoms with Gasteiger partial charge >= 0.3 is 0 Å². The molecule has 3 heterocycles. The zero-order valence-corrected chi connectivity index (χ0v) is 18.2. The molecule has 0 bridgehead atoms. The van der Waals surface area contributed by atoms with Crippen molar-refractivity contribution >= 4 is 11.6 Å². The maximum Gasteiger partial charge on any atom is 0.227 e. The van der Waals surface area contributed by atoms with Gasteiger partial charge in [0.25, 0.3) is 0 Å². The van der Waals surface area contributed by atoms with E-state index in [4.69, 9.17) is 9.97 Å². The molecular formula is C25H24F2N6. The minimum Gasteiger partial charge on any atom is -0.326 e. The maximum atomic E-state index is 14.0. The third-order valence-corrected chi connectivity index (χ3v) is 6.03. The summed E-state index contributed by atoms with van der Waals surface area (Å²) >= 11 is 0. The summed E-state index contributed by atoms with van der Waals surface area (Å²) in [5.74, 6) is -0.222. The van der Waals surface area contributed by atoms with E-state index in [9.17, 15) is 8.78 Å². The summed E-state index contributed by atoms with van der Waals surface area (Å²) in [7, 11) is 0. The minimum absolute atomic E-state index is 0.278. The Bertz CT molecular complexity index is 1260. The number of benzene rings is 2. The van der Waals surface area contributed by atoms with Crippen LogP contribution in [-0.4, -0.2) is 32.6 Å². The predicted molar refractivity (Wildman–Crippen MR) is 124 cm³/mol. The first-order valence-electron chi connectivity index (χ1n) is 11.0. The molecule has 0 aliphatic carbocycles. The van der Waals surface area contributed by atoms with Gasteiger partial charge in [-0.3, -0.25) is 0 Å². The number of imidazole rings is 1. The van der Waals surface area contributed by atoms with Crippen LogP contribution >= 0.6 is 0 Å². The first-order valence-corrected chi connectivity index (χ1v) is 11.0. The lowest BCUT2D eigenvalue weighted by Gasteiger charge is -2.25. The molecule has 8 heteroatoms. The van der Waals surface area contributed by atoms with Crippen molar-refractivity contribution in [2.24, 2.45) is 0 Å². The monoisotopic (exact) mass is 446 g/mol. The molecule has 6 nitrogen and oxygen atoms in total. The van der Waals surface area contributed by atoms with Gasteiger partial charge in [0.2, 0.25) is 5.95 Å². The van der Waals surface area contributed by atoms with Gasteiger partial charge in [0.1, 0.15) is 11.6 Å². The van der Waals surface area contributed by atoms with E-state index in [2.05, 4.69) is 20.2 Å². The minimum atomic E-state index is -0.294. The smallest absolute Gasteiger partial charge is 0.227 e. The van der Waals surface area contributed by atoms with Crippen molar-refractivity contribution in [1.29, 1.82) is 0 Å². The van der Waals surface area contributed by atoms with Crippen LogP contribution in [-0.2, 0) is 0 Å². The SMILES string of the molecule is Cc1c(F)cccc1Nc1nccc(-c2c(-c3ccc(F)cc3)ncn2C2CCNCC2)n1. The molecule has 4 aromatic rings. The quantitative estimate of drug-likeness (QED) is 0.438. The van der Waals surface area contributed by atoms with E-state index < -0.39 is 0 Å². The Morgan fingerprint density at radius 3 is 2.58 bits per heavy atom. The number of nitrogens with one attached hydrogen (secondary N) is 2. The zero-order valence-electron chi connectivity index (χ0n) is 18.2. The number of halogens is 2. The predicted octanol–water partition coefficient (Wildman–Crippen LogP) is 5.26. The van der Waals surface area contributed by atoms with E-state index in [-0.39, 0.29) is 17.7 Å². The molecule has 33 heavy (non-hydrogen) atoms. The summed E-state index contributed by atoms with van der Waals surface area (Å²) in [4.78, 5) is 13.8. The van der Waals surface area contributed by atoms with Gasteiger partial charge in [-0.2, -0.15) is 0 Å². The second kappa shape index (κ2) is 9.07. The van der Waals surface area contributed by atoms with Crippen LogP contribution in [0.1, 0.15) is 24.4 Å². The van der Waals surface area contributed by atoms with Crippen LogP contribution < -0.4 is 10.6 Å². The molecule has 1 aliphatic rings. The highest BCUT2D eigenvalue weighted by Crippen LogP contribution is 2.35. The Kier molecular flexibility index (Phi) is 5.83. The summed E-state index contributed by atoms with van der Waals surface area (Å²) in [6.45, 7) is 3.58. The molecule has 0 atom stereocenters. The number of hydrogen-bond donors (Lipinski definition) is 2. The first kappa shape index (κ1) is 21.2. The molecule has 0 amide bonds. The average molecular weight is 447 g/mol. The highest BCUT2D eigenvalue weighted by molar-refractivity contribution is 5.77. The van der Waals surface area contributed by atoms with Crippen LogP contribution in [0, 0.1) is 18.6 Å². The number of hydrogen-bond acceptors (Lipinski definition) is 5. The molecular weight excluding hydrogens is 422 g/mol. The molecule has 1 saturated heterocycles. The molecule has 168 valence electrons. The summed E-state index contributed by atoms with van der Waals surface area (Å²) in [5.41, 5.74) is 4.20. The fourth-order valence-corrected chi connectivity index (χ4v) is 4.21. The van der Waals surface area contributed by atoms with Crippen LogP contribution in [0.2, 0.25) is 0 Å². The van der Waals surface area contributed by atoms with Crippen molar-refractivity contribution in [2.75, 3.05) is 18.4 Å². The summed E-state index contributed by atoms with van der Waals surface area (Å²) in [6.07, 6.45) is 5.47. The highest BCUT2D eigenvalue weighted by atomic mass is 19.1. The number of rotatable bonds is 5. The van der Waals surface area contributed by atoms with E-state index in [1.54, 1.807) is 37.4 Å².